The van der Waals surface area contributed by atoms with E-state index in [9.17, 15) is 14.7 Å². The number of hydrogen-bond donors (Lipinski definition) is 1. The Bertz CT molecular complexity index is 648. The van der Waals surface area contributed by atoms with Crippen molar-refractivity contribution in [3.63, 3.8) is 0 Å². The van der Waals surface area contributed by atoms with E-state index in [4.69, 9.17) is 0 Å². The lowest BCUT2D eigenvalue weighted by Gasteiger charge is -2.33. The number of hydrogen-bond acceptors (Lipinski definition) is 2. The highest BCUT2D eigenvalue weighted by atomic mass is 16.4. The molecule has 23 heavy (non-hydrogen) atoms. The fourth-order valence-corrected chi connectivity index (χ4v) is 3.38. The summed E-state index contributed by atoms with van der Waals surface area (Å²) in [7, 11) is 0. The van der Waals surface area contributed by atoms with Gasteiger partial charge in [0.05, 0.1) is 11.8 Å². The number of amides is 1. The topological polar surface area (TPSA) is 57.6 Å². The molecule has 0 fully saturated rings. The van der Waals surface area contributed by atoms with E-state index in [1.165, 1.54) is 11.1 Å². The lowest BCUT2D eigenvalue weighted by Crippen LogP contribution is -2.43. The van der Waals surface area contributed by atoms with Gasteiger partial charge < -0.3 is 10.0 Å². The van der Waals surface area contributed by atoms with E-state index < -0.39 is 17.8 Å². The molecule has 4 nitrogen and oxygen atoms in total. The van der Waals surface area contributed by atoms with Crippen LogP contribution in [0.5, 0.6) is 0 Å². The van der Waals surface area contributed by atoms with E-state index in [1.807, 2.05) is 30.4 Å². The average Bonchev–Trinajstić information content (AvgIpc) is 2.62. The minimum absolute atomic E-state index is 0.0230. The molecule has 1 aromatic rings. The van der Waals surface area contributed by atoms with Gasteiger partial charge in [0.25, 0.3) is 0 Å². The lowest BCUT2D eigenvalue weighted by atomic mass is 9.82. The van der Waals surface area contributed by atoms with Crippen molar-refractivity contribution in [1.82, 2.24) is 4.90 Å². The maximum Gasteiger partial charge on any atom is 0.307 e. The van der Waals surface area contributed by atoms with Crippen molar-refractivity contribution < 1.29 is 14.7 Å². The molecule has 1 N–H and O–H groups in total. The molecule has 120 valence electrons. The number of carboxylic acid groups (broad SMARTS) is 1. The lowest BCUT2D eigenvalue weighted by molar-refractivity contribution is -0.150. The van der Waals surface area contributed by atoms with E-state index >= 15 is 0 Å². The highest BCUT2D eigenvalue weighted by molar-refractivity contribution is 5.86. The highest BCUT2D eigenvalue weighted by Crippen LogP contribution is 2.29. The van der Waals surface area contributed by atoms with Gasteiger partial charge >= 0.3 is 5.97 Å². The van der Waals surface area contributed by atoms with E-state index in [-0.39, 0.29) is 5.91 Å². The Morgan fingerprint density at radius 1 is 1.04 bits per heavy atom. The number of rotatable bonds is 3. The largest absolute Gasteiger partial charge is 0.481 e. The second-order valence-electron chi connectivity index (χ2n) is 6.12. The number of carbonyl (C=O) groups excluding carboxylic acids is 1. The van der Waals surface area contributed by atoms with E-state index in [0.29, 0.717) is 25.9 Å². The molecular weight excluding hydrogens is 290 g/mol. The summed E-state index contributed by atoms with van der Waals surface area (Å²) in [5.74, 6) is -1.91. The van der Waals surface area contributed by atoms with Crippen molar-refractivity contribution in [2.45, 2.75) is 19.3 Å². The Morgan fingerprint density at radius 2 is 1.74 bits per heavy atom. The van der Waals surface area contributed by atoms with Crippen molar-refractivity contribution in [2.75, 3.05) is 13.1 Å². The molecule has 3 rings (SSSR count). The molecule has 1 amide bonds. The molecule has 0 spiro atoms. The van der Waals surface area contributed by atoms with Crippen LogP contribution in [0.2, 0.25) is 0 Å². The molecule has 0 saturated carbocycles. The molecule has 2 aliphatic rings. The zero-order valence-corrected chi connectivity index (χ0v) is 13.0. The second-order valence-corrected chi connectivity index (χ2v) is 6.12. The molecule has 0 radical (unpaired) electrons. The predicted octanol–water partition coefficient (Wildman–Crippen LogP) is 2.97. The smallest absolute Gasteiger partial charge is 0.307 e. The number of carbonyl (C=O) groups is 2. The van der Waals surface area contributed by atoms with Crippen LogP contribution in [0.1, 0.15) is 24.8 Å². The Kier molecular flexibility index (Phi) is 4.60. The third-order valence-corrected chi connectivity index (χ3v) is 4.73. The minimum Gasteiger partial charge on any atom is -0.481 e. The Hall–Kier alpha value is -2.36. The van der Waals surface area contributed by atoms with Gasteiger partial charge in [0, 0.05) is 13.1 Å². The Morgan fingerprint density at radius 3 is 2.35 bits per heavy atom. The summed E-state index contributed by atoms with van der Waals surface area (Å²) in [5.41, 5.74) is 2.46. The molecular formula is C19H21NO3. The van der Waals surface area contributed by atoms with E-state index in [1.54, 1.807) is 4.90 Å². The SMILES string of the molecule is O=C(O)[C@@H]1CC=CC[C@H]1C(=O)N1CC=C(c2ccccc2)CC1. The van der Waals surface area contributed by atoms with Crippen LogP contribution in [-0.4, -0.2) is 35.0 Å². The van der Waals surface area contributed by atoms with Crippen LogP contribution in [-0.2, 0) is 9.59 Å². The molecule has 0 saturated heterocycles. The standard InChI is InChI=1S/C19H21NO3/c21-18(16-8-4-5-9-17(16)19(22)23)20-12-10-15(11-13-20)14-6-2-1-3-7-14/h1-7,10,16-17H,8-9,11-13H2,(H,22,23)/t16-,17-/m1/s1. The normalized spacial score (nSPS) is 24.2. The van der Waals surface area contributed by atoms with Crippen molar-refractivity contribution in [2.24, 2.45) is 11.8 Å². The first-order valence-corrected chi connectivity index (χ1v) is 8.08. The third kappa shape index (κ3) is 3.36. The first kappa shape index (κ1) is 15.5. The number of carboxylic acids is 1. The van der Waals surface area contributed by atoms with Crippen molar-refractivity contribution in [1.29, 1.82) is 0 Å². The van der Waals surface area contributed by atoms with Gasteiger partial charge in [-0.15, -0.1) is 0 Å². The molecule has 4 heteroatoms. The molecule has 0 bridgehead atoms. The van der Waals surface area contributed by atoms with E-state index in [0.717, 1.165) is 6.42 Å². The fraction of sp³-hybridized carbons (Fsp3) is 0.368. The van der Waals surface area contributed by atoms with Gasteiger partial charge in [-0.25, -0.2) is 0 Å². The van der Waals surface area contributed by atoms with Crippen LogP contribution < -0.4 is 0 Å². The number of allylic oxidation sites excluding steroid dienone is 2. The van der Waals surface area contributed by atoms with Crippen molar-refractivity contribution in [3.8, 4) is 0 Å². The van der Waals surface area contributed by atoms with Gasteiger partial charge in [0.1, 0.15) is 0 Å². The molecule has 1 aliphatic heterocycles. The Balaban J connectivity index is 1.69. The van der Waals surface area contributed by atoms with Gasteiger partial charge in [-0.2, -0.15) is 0 Å². The quantitative estimate of drug-likeness (QED) is 0.873. The summed E-state index contributed by atoms with van der Waals surface area (Å²) in [6.07, 6.45) is 7.68. The molecule has 1 aromatic carbocycles. The zero-order valence-electron chi connectivity index (χ0n) is 13.0. The summed E-state index contributed by atoms with van der Waals surface area (Å²) in [6, 6.07) is 10.2. The molecule has 1 heterocycles. The Labute approximate surface area is 136 Å². The summed E-state index contributed by atoms with van der Waals surface area (Å²) in [4.78, 5) is 25.9. The predicted molar refractivity (Wildman–Crippen MR) is 88.6 cm³/mol. The van der Waals surface area contributed by atoms with Crippen LogP contribution in [0, 0.1) is 11.8 Å². The average molecular weight is 311 g/mol. The second kappa shape index (κ2) is 6.82. The van der Waals surface area contributed by atoms with Crippen molar-refractivity contribution >= 4 is 17.4 Å². The van der Waals surface area contributed by atoms with Gasteiger partial charge in [-0.05, 0) is 30.4 Å². The number of benzene rings is 1. The zero-order chi connectivity index (χ0) is 16.2. The van der Waals surface area contributed by atoms with Gasteiger partial charge in [-0.1, -0.05) is 48.6 Å². The monoisotopic (exact) mass is 311 g/mol. The van der Waals surface area contributed by atoms with Crippen LogP contribution in [0.15, 0.2) is 48.6 Å². The first-order chi connectivity index (χ1) is 11.2. The maximum atomic E-state index is 12.7. The minimum atomic E-state index is -0.870. The first-order valence-electron chi connectivity index (χ1n) is 8.08. The van der Waals surface area contributed by atoms with Gasteiger partial charge in [-0.3, -0.25) is 9.59 Å². The molecule has 0 unspecified atom stereocenters. The van der Waals surface area contributed by atoms with Gasteiger partial charge in [0.2, 0.25) is 5.91 Å². The summed E-state index contributed by atoms with van der Waals surface area (Å²) < 4.78 is 0. The van der Waals surface area contributed by atoms with Crippen LogP contribution in [0.25, 0.3) is 5.57 Å². The summed E-state index contributed by atoms with van der Waals surface area (Å²) in [5, 5.41) is 9.33. The van der Waals surface area contributed by atoms with Crippen LogP contribution in [0.4, 0.5) is 0 Å². The van der Waals surface area contributed by atoms with Crippen molar-refractivity contribution in [3.05, 3.63) is 54.1 Å². The molecule has 2 atom stereocenters. The summed E-state index contributed by atoms with van der Waals surface area (Å²) >= 11 is 0. The maximum absolute atomic E-state index is 12.7. The fourth-order valence-electron chi connectivity index (χ4n) is 3.38. The highest BCUT2D eigenvalue weighted by Gasteiger charge is 2.36. The van der Waals surface area contributed by atoms with Crippen LogP contribution in [0.3, 0.4) is 0 Å². The third-order valence-electron chi connectivity index (χ3n) is 4.73. The molecule has 0 aromatic heterocycles. The van der Waals surface area contributed by atoms with Gasteiger partial charge in [0.15, 0.2) is 0 Å². The number of nitrogens with zero attached hydrogens (tertiary/aromatic N) is 1. The van der Waals surface area contributed by atoms with Crippen LogP contribution >= 0.6 is 0 Å². The molecule has 1 aliphatic carbocycles. The summed E-state index contributed by atoms with van der Waals surface area (Å²) in [6.45, 7) is 1.22. The number of aliphatic carboxylic acids is 1. The van der Waals surface area contributed by atoms with E-state index in [2.05, 4.69) is 18.2 Å².